The summed E-state index contributed by atoms with van der Waals surface area (Å²) >= 11 is 0. The molecule has 0 aromatic rings. The first kappa shape index (κ1) is 16.2. The lowest BCUT2D eigenvalue weighted by molar-refractivity contribution is 0.00908. The van der Waals surface area contributed by atoms with Crippen LogP contribution in [0, 0.1) is 5.92 Å². The number of methoxy groups -OCH3 is 1. The van der Waals surface area contributed by atoms with Gasteiger partial charge < -0.3 is 24.6 Å². The molecular weight excluding hydrogens is 258 g/mol. The number of nitrogens with one attached hydrogen (secondary N) is 1. The molecule has 2 rings (SSSR count). The van der Waals surface area contributed by atoms with Crippen LogP contribution in [0.2, 0.25) is 0 Å². The van der Waals surface area contributed by atoms with Gasteiger partial charge in [-0.05, 0) is 38.0 Å². The highest BCUT2D eigenvalue weighted by Gasteiger charge is 2.47. The van der Waals surface area contributed by atoms with Crippen molar-refractivity contribution in [3.63, 3.8) is 0 Å². The summed E-state index contributed by atoms with van der Waals surface area (Å²) < 4.78 is 16.1. The van der Waals surface area contributed by atoms with Crippen molar-refractivity contribution in [3.8, 4) is 0 Å². The fourth-order valence-corrected chi connectivity index (χ4v) is 2.53. The molecule has 2 saturated carbocycles. The third kappa shape index (κ3) is 5.30. The molecule has 0 amide bonds. The molecule has 2 fully saturated rings. The average Bonchev–Trinajstić information content (AvgIpc) is 3.33. The summed E-state index contributed by atoms with van der Waals surface area (Å²) in [5.74, 6) is 0.589. The zero-order chi connectivity index (χ0) is 14.3. The minimum Gasteiger partial charge on any atom is -0.394 e. The molecule has 0 aromatic heterocycles. The van der Waals surface area contributed by atoms with E-state index in [1.807, 2.05) is 0 Å². The van der Waals surface area contributed by atoms with Gasteiger partial charge in [0.05, 0.1) is 32.0 Å². The minimum atomic E-state index is -0.196. The summed E-state index contributed by atoms with van der Waals surface area (Å²) in [6, 6.07) is 0.601. The Kier molecular flexibility index (Phi) is 6.71. The van der Waals surface area contributed by atoms with Crippen molar-refractivity contribution in [2.45, 2.75) is 43.7 Å². The second-order valence-electron chi connectivity index (χ2n) is 6.02. The molecule has 0 spiro atoms. The molecule has 5 heteroatoms. The lowest BCUT2D eigenvalue weighted by Crippen LogP contribution is -2.55. The molecular formula is C15H29NO4. The standard InChI is InChI=1S/C15H29NO4/c1-18-9-10-19-7-2-8-20-12-15(11-17,13-3-4-13)16-14-5-6-14/h13-14,16-17H,2-12H2,1H3. The molecule has 0 aliphatic heterocycles. The number of hydrogen-bond acceptors (Lipinski definition) is 5. The highest BCUT2D eigenvalue weighted by Crippen LogP contribution is 2.41. The monoisotopic (exact) mass is 287 g/mol. The highest BCUT2D eigenvalue weighted by atomic mass is 16.5. The molecule has 0 radical (unpaired) electrons. The number of aliphatic hydroxyl groups is 1. The van der Waals surface area contributed by atoms with Crippen LogP contribution in [0.3, 0.4) is 0 Å². The largest absolute Gasteiger partial charge is 0.394 e. The Morgan fingerprint density at radius 2 is 1.80 bits per heavy atom. The van der Waals surface area contributed by atoms with E-state index in [0.29, 0.717) is 45.0 Å². The number of aliphatic hydroxyl groups excluding tert-OH is 1. The van der Waals surface area contributed by atoms with Gasteiger partial charge in [0.25, 0.3) is 0 Å². The fourth-order valence-electron chi connectivity index (χ4n) is 2.53. The lowest BCUT2D eigenvalue weighted by Gasteiger charge is -2.33. The third-order valence-electron chi connectivity index (χ3n) is 4.08. The van der Waals surface area contributed by atoms with Crippen LogP contribution < -0.4 is 5.32 Å². The van der Waals surface area contributed by atoms with Crippen molar-refractivity contribution < 1.29 is 19.3 Å². The predicted octanol–water partition coefficient (Wildman–Crippen LogP) is 0.949. The van der Waals surface area contributed by atoms with E-state index in [2.05, 4.69) is 5.32 Å². The summed E-state index contributed by atoms with van der Waals surface area (Å²) in [7, 11) is 1.67. The zero-order valence-electron chi connectivity index (χ0n) is 12.6. The molecule has 1 unspecified atom stereocenters. The summed E-state index contributed by atoms with van der Waals surface area (Å²) in [6.07, 6.45) is 5.79. The van der Waals surface area contributed by atoms with E-state index in [9.17, 15) is 5.11 Å². The zero-order valence-corrected chi connectivity index (χ0v) is 12.6. The molecule has 2 aliphatic carbocycles. The molecule has 0 aromatic carbocycles. The molecule has 2 N–H and O–H groups in total. The normalized spacial score (nSPS) is 21.9. The van der Waals surface area contributed by atoms with Crippen LogP contribution in [0.1, 0.15) is 32.1 Å². The molecule has 118 valence electrons. The van der Waals surface area contributed by atoms with E-state index in [1.54, 1.807) is 7.11 Å². The molecule has 2 aliphatic rings. The van der Waals surface area contributed by atoms with Gasteiger partial charge in [0.2, 0.25) is 0 Å². The molecule has 5 nitrogen and oxygen atoms in total. The first-order valence-corrected chi connectivity index (χ1v) is 7.84. The first-order chi connectivity index (χ1) is 9.80. The van der Waals surface area contributed by atoms with Gasteiger partial charge in [-0.1, -0.05) is 0 Å². The Hall–Kier alpha value is -0.200. The van der Waals surface area contributed by atoms with Crippen LogP contribution in [0.4, 0.5) is 0 Å². The van der Waals surface area contributed by atoms with Gasteiger partial charge in [-0.15, -0.1) is 0 Å². The summed E-state index contributed by atoms with van der Waals surface area (Å²) in [5, 5.41) is 13.4. The maximum absolute atomic E-state index is 9.78. The quantitative estimate of drug-likeness (QED) is 0.494. The number of ether oxygens (including phenoxy) is 3. The Balaban J connectivity index is 1.57. The maximum Gasteiger partial charge on any atom is 0.0700 e. The van der Waals surface area contributed by atoms with Crippen molar-refractivity contribution in [2.24, 2.45) is 5.92 Å². The van der Waals surface area contributed by atoms with Crippen molar-refractivity contribution in [2.75, 3.05) is 46.8 Å². The number of hydrogen-bond donors (Lipinski definition) is 2. The Morgan fingerprint density at radius 1 is 1.05 bits per heavy atom. The molecule has 20 heavy (non-hydrogen) atoms. The molecule has 1 atom stereocenters. The third-order valence-corrected chi connectivity index (χ3v) is 4.08. The van der Waals surface area contributed by atoms with E-state index in [-0.39, 0.29) is 12.1 Å². The van der Waals surface area contributed by atoms with Gasteiger partial charge in [-0.3, -0.25) is 0 Å². The van der Waals surface area contributed by atoms with Crippen molar-refractivity contribution in [3.05, 3.63) is 0 Å². The maximum atomic E-state index is 9.78. The predicted molar refractivity (Wildman–Crippen MR) is 76.8 cm³/mol. The molecule has 0 saturated heterocycles. The van der Waals surface area contributed by atoms with Crippen molar-refractivity contribution >= 4 is 0 Å². The first-order valence-electron chi connectivity index (χ1n) is 7.84. The second kappa shape index (κ2) is 8.29. The van der Waals surface area contributed by atoms with Gasteiger partial charge in [-0.25, -0.2) is 0 Å². The lowest BCUT2D eigenvalue weighted by atomic mass is 9.95. The van der Waals surface area contributed by atoms with E-state index >= 15 is 0 Å². The van der Waals surface area contributed by atoms with E-state index in [1.165, 1.54) is 25.7 Å². The van der Waals surface area contributed by atoms with E-state index in [4.69, 9.17) is 14.2 Å². The van der Waals surface area contributed by atoms with Crippen molar-refractivity contribution in [1.82, 2.24) is 5.32 Å². The molecule has 0 bridgehead atoms. The Morgan fingerprint density at radius 3 is 2.40 bits per heavy atom. The topological polar surface area (TPSA) is 60.0 Å². The van der Waals surface area contributed by atoms with Crippen molar-refractivity contribution in [1.29, 1.82) is 0 Å². The van der Waals surface area contributed by atoms with Crippen LogP contribution in [0.15, 0.2) is 0 Å². The van der Waals surface area contributed by atoms with Gasteiger partial charge in [0.15, 0.2) is 0 Å². The minimum absolute atomic E-state index is 0.179. The average molecular weight is 287 g/mol. The van der Waals surface area contributed by atoms with Gasteiger partial charge in [0.1, 0.15) is 0 Å². The van der Waals surface area contributed by atoms with Crippen LogP contribution >= 0.6 is 0 Å². The summed E-state index contributed by atoms with van der Waals surface area (Å²) in [4.78, 5) is 0. The summed E-state index contributed by atoms with van der Waals surface area (Å²) in [5.41, 5.74) is -0.196. The second-order valence-corrected chi connectivity index (χ2v) is 6.02. The highest BCUT2D eigenvalue weighted by molar-refractivity contribution is 5.04. The Bertz CT molecular complexity index is 269. The van der Waals surface area contributed by atoms with E-state index < -0.39 is 0 Å². The fraction of sp³-hybridized carbons (Fsp3) is 1.00. The van der Waals surface area contributed by atoms with Crippen LogP contribution in [0.25, 0.3) is 0 Å². The summed E-state index contributed by atoms with van der Waals surface area (Å²) in [6.45, 7) is 3.47. The van der Waals surface area contributed by atoms with E-state index in [0.717, 1.165) is 6.42 Å². The van der Waals surface area contributed by atoms with Gasteiger partial charge >= 0.3 is 0 Å². The number of rotatable bonds is 13. The van der Waals surface area contributed by atoms with Crippen LogP contribution in [0.5, 0.6) is 0 Å². The smallest absolute Gasteiger partial charge is 0.0700 e. The van der Waals surface area contributed by atoms with Gasteiger partial charge in [-0.2, -0.15) is 0 Å². The Labute approximate surface area is 122 Å². The molecule has 0 heterocycles. The van der Waals surface area contributed by atoms with Gasteiger partial charge in [0, 0.05) is 26.4 Å². The SMILES string of the molecule is COCCOCCCOCC(CO)(NC1CC1)C1CC1. The van der Waals surface area contributed by atoms with Crippen LogP contribution in [-0.4, -0.2) is 63.4 Å². The van der Waals surface area contributed by atoms with Crippen LogP contribution in [-0.2, 0) is 14.2 Å².